The molecule has 19 heavy (non-hydrogen) atoms. The van der Waals surface area contributed by atoms with Gasteiger partial charge < -0.3 is 10.6 Å². The minimum atomic E-state index is -0.654. The summed E-state index contributed by atoms with van der Waals surface area (Å²) in [6.45, 7) is 1.47. The van der Waals surface area contributed by atoms with Gasteiger partial charge in [-0.2, -0.15) is 0 Å². The van der Waals surface area contributed by atoms with Crippen LogP contribution < -0.4 is 11.1 Å². The molecule has 0 radical (unpaired) electrons. The number of imide groups is 1. The first kappa shape index (κ1) is 13.0. The summed E-state index contributed by atoms with van der Waals surface area (Å²) < 4.78 is 0. The Kier molecular flexibility index (Phi) is 3.46. The highest BCUT2D eigenvalue weighted by Gasteiger charge is 2.33. The molecule has 7 nitrogen and oxygen atoms in total. The highest BCUT2D eigenvalue weighted by atomic mass is 16.2. The average molecular weight is 262 g/mol. The number of hydrogen-bond donors (Lipinski definition) is 2. The molecule has 100 valence electrons. The molecular formula is C12H14N4O3. The molecule has 1 aliphatic heterocycles. The van der Waals surface area contributed by atoms with Gasteiger partial charge in [-0.25, -0.2) is 0 Å². The molecule has 0 saturated carbocycles. The van der Waals surface area contributed by atoms with Crippen LogP contribution in [0.15, 0.2) is 18.3 Å². The molecule has 1 aromatic rings. The number of nitrogens with one attached hydrogen (secondary N) is 1. The van der Waals surface area contributed by atoms with Gasteiger partial charge in [0.05, 0.1) is 18.3 Å². The van der Waals surface area contributed by atoms with Crippen molar-refractivity contribution in [2.24, 2.45) is 0 Å². The number of piperazine rings is 1. The number of anilines is 1. The van der Waals surface area contributed by atoms with Crippen molar-refractivity contribution >= 4 is 23.4 Å². The number of nitrogen functional groups attached to an aromatic ring is 1. The van der Waals surface area contributed by atoms with E-state index in [1.807, 2.05) is 0 Å². The van der Waals surface area contributed by atoms with E-state index < -0.39 is 17.9 Å². The summed E-state index contributed by atoms with van der Waals surface area (Å²) in [5.41, 5.74) is 6.56. The molecule has 2 rings (SSSR count). The standard InChI is InChI=1S/C12H14N4O3/c1-7-12(19)15-10(17)6-16(7)11(18)4-9-3-2-8(13)5-14-9/h2-3,5,7H,4,6,13H2,1H3,(H,15,17,19). The summed E-state index contributed by atoms with van der Waals surface area (Å²) in [5, 5.41) is 2.18. The SMILES string of the molecule is CC1C(=O)NC(=O)CN1C(=O)Cc1ccc(N)cn1. The largest absolute Gasteiger partial charge is 0.397 e. The Morgan fingerprint density at radius 2 is 2.26 bits per heavy atom. The van der Waals surface area contributed by atoms with Crippen molar-refractivity contribution in [1.29, 1.82) is 0 Å². The molecule has 1 aliphatic rings. The molecular weight excluding hydrogens is 248 g/mol. The molecule has 0 bridgehead atoms. The quantitative estimate of drug-likeness (QED) is 0.670. The summed E-state index contributed by atoms with van der Waals surface area (Å²) in [7, 11) is 0. The van der Waals surface area contributed by atoms with E-state index in [2.05, 4.69) is 10.3 Å². The first-order chi connectivity index (χ1) is 8.97. The number of aromatic nitrogens is 1. The third-order valence-electron chi connectivity index (χ3n) is 2.92. The van der Waals surface area contributed by atoms with Gasteiger partial charge in [0.1, 0.15) is 12.6 Å². The van der Waals surface area contributed by atoms with E-state index in [4.69, 9.17) is 5.73 Å². The van der Waals surface area contributed by atoms with Gasteiger partial charge in [0.2, 0.25) is 17.7 Å². The number of carbonyl (C=O) groups is 3. The van der Waals surface area contributed by atoms with Gasteiger partial charge in [0.25, 0.3) is 0 Å². The Morgan fingerprint density at radius 3 is 2.89 bits per heavy atom. The zero-order valence-corrected chi connectivity index (χ0v) is 10.4. The summed E-state index contributed by atoms with van der Waals surface area (Å²) in [6.07, 6.45) is 1.49. The Bertz CT molecular complexity index is 526. The van der Waals surface area contributed by atoms with Crippen LogP contribution in [0.1, 0.15) is 12.6 Å². The summed E-state index contributed by atoms with van der Waals surface area (Å²) in [6, 6.07) is 2.63. The Labute approximate surface area is 109 Å². The second-order valence-corrected chi connectivity index (χ2v) is 4.37. The van der Waals surface area contributed by atoms with Crippen molar-refractivity contribution in [3.8, 4) is 0 Å². The van der Waals surface area contributed by atoms with Gasteiger partial charge in [-0.3, -0.25) is 24.7 Å². The van der Waals surface area contributed by atoms with Gasteiger partial charge in [0, 0.05) is 5.69 Å². The van der Waals surface area contributed by atoms with Crippen molar-refractivity contribution in [2.45, 2.75) is 19.4 Å². The van der Waals surface area contributed by atoms with Crippen LogP contribution in [-0.2, 0) is 20.8 Å². The molecule has 0 aromatic carbocycles. The Morgan fingerprint density at radius 1 is 1.53 bits per heavy atom. The second-order valence-electron chi connectivity index (χ2n) is 4.37. The molecule has 1 aromatic heterocycles. The van der Waals surface area contributed by atoms with Gasteiger partial charge >= 0.3 is 0 Å². The van der Waals surface area contributed by atoms with Crippen LogP contribution in [-0.4, -0.2) is 40.2 Å². The van der Waals surface area contributed by atoms with E-state index in [-0.39, 0.29) is 18.9 Å². The van der Waals surface area contributed by atoms with Crippen molar-refractivity contribution in [1.82, 2.24) is 15.2 Å². The number of nitrogens with zero attached hydrogens (tertiary/aromatic N) is 2. The number of hydrogen-bond acceptors (Lipinski definition) is 5. The smallest absolute Gasteiger partial charge is 0.249 e. The summed E-state index contributed by atoms with van der Waals surface area (Å²) in [4.78, 5) is 40.1. The van der Waals surface area contributed by atoms with E-state index in [1.165, 1.54) is 11.1 Å². The first-order valence-electron chi connectivity index (χ1n) is 5.81. The Balaban J connectivity index is 2.08. The van der Waals surface area contributed by atoms with Crippen LogP contribution in [0, 0.1) is 0 Å². The lowest BCUT2D eigenvalue weighted by molar-refractivity contribution is -0.149. The van der Waals surface area contributed by atoms with E-state index in [0.29, 0.717) is 11.4 Å². The molecule has 1 fully saturated rings. The lowest BCUT2D eigenvalue weighted by Crippen LogP contribution is -2.58. The molecule has 2 heterocycles. The third kappa shape index (κ3) is 2.87. The maximum Gasteiger partial charge on any atom is 0.249 e. The van der Waals surface area contributed by atoms with E-state index in [9.17, 15) is 14.4 Å². The van der Waals surface area contributed by atoms with E-state index in [0.717, 1.165) is 0 Å². The molecule has 3 amide bonds. The second kappa shape index (κ2) is 5.05. The number of rotatable bonds is 2. The van der Waals surface area contributed by atoms with Crippen molar-refractivity contribution in [3.63, 3.8) is 0 Å². The van der Waals surface area contributed by atoms with Crippen LogP contribution in [0.3, 0.4) is 0 Å². The predicted molar refractivity (Wildman–Crippen MR) is 66.7 cm³/mol. The van der Waals surface area contributed by atoms with Crippen LogP contribution in [0.4, 0.5) is 5.69 Å². The molecule has 3 N–H and O–H groups in total. The lowest BCUT2D eigenvalue weighted by Gasteiger charge is -2.31. The monoisotopic (exact) mass is 262 g/mol. The number of carbonyl (C=O) groups excluding carboxylic acids is 3. The Hall–Kier alpha value is -2.44. The normalized spacial score (nSPS) is 19.2. The van der Waals surface area contributed by atoms with Crippen LogP contribution >= 0.6 is 0 Å². The fourth-order valence-electron chi connectivity index (χ4n) is 1.82. The van der Waals surface area contributed by atoms with Crippen LogP contribution in [0.5, 0.6) is 0 Å². The van der Waals surface area contributed by atoms with Gasteiger partial charge in [0.15, 0.2) is 0 Å². The van der Waals surface area contributed by atoms with Crippen LogP contribution in [0.25, 0.3) is 0 Å². The zero-order valence-electron chi connectivity index (χ0n) is 10.4. The minimum Gasteiger partial charge on any atom is -0.397 e. The average Bonchev–Trinajstić information content (AvgIpc) is 2.36. The number of amides is 3. The molecule has 0 spiro atoms. The maximum atomic E-state index is 12.1. The van der Waals surface area contributed by atoms with Crippen LogP contribution in [0.2, 0.25) is 0 Å². The molecule has 1 saturated heterocycles. The fraction of sp³-hybridized carbons (Fsp3) is 0.333. The van der Waals surface area contributed by atoms with E-state index >= 15 is 0 Å². The summed E-state index contributed by atoms with van der Waals surface area (Å²) in [5.74, 6) is -1.25. The van der Waals surface area contributed by atoms with Gasteiger partial charge in [-0.15, -0.1) is 0 Å². The highest BCUT2D eigenvalue weighted by Crippen LogP contribution is 2.09. The van der Waals surface area contributed by atoms with Gasteiger partial charge in [-0.05, 0) is 19.1 Å². The highest BCUT2D eigenvalue weighted by molar-refractivity contribution is 6.04. The first-order valence-corrected chi connectivity index (χ1v) is 5.81. The maximum absolute atomic E-state index is 12.1. The van der Waals surface area contributed by atoms with E-state index in [1.54, 1.807) is 19.1 Å². The van der Waals surface area contributed by atoms with Crippen molar-refractivity contribution in [3.05, 3.63) is 24.0 Å². The predicted octanol–water partition coefficient (Wildman–Crippen LogP) is -0.920. The molecule has 7 heteroatoms. The topological polar surface area (TPSA) is 105 Å². The minimum absolute atomic E-state index is 0.0329. The third-order valence-corrected chi connectivity index (χ3v) is 2.92. The lowest BCUT2D eigenvalue weighted by atomic mass is 10.1. The molecule has 1 unspecified atom stereocenters. The fourth-order valence-corrected chi connectivity index (χ4v) is 1.82. The number of nitrogens with two attached hydrogens (primary N) is 1. The number of pyridine rings is 1. The van der Waals surface area contributed by atoms with Gasteiger partial charge in [-0.1, -0.05) is 0 Å². The molecule has 1 atom stereocenters. The summed E-state index contributed by atoms with van der Waals surface area (Å²) >= 11 is 0. The van der Waals surface area contributed by atoms with Crippen molar-refractivity contribution < 1.29 is 14.4 Å². The van der Waals surface area contributed by atoms with Crippen molar-refractivity contribution in [2.75, 3.05) is 12.3 Å². The molecule has 0 aliphatic carbocycles. The zero-order chi connectivity index (χ0) is 14.0.